The molecule has 1 aliphatic heterocycles. The maximum absolute atomic E-state index is 13.3. The maximum atomic E-state index is 13.3. The second-order valence-electron chi connectivity index (χ2n) is 15.7. The second kappa shape index (κ2) is 26.6. The fourth-order valence-electron chi connectivity index (χ4n) is 6.99. The number of carbonyl (C=O) groups is 7. The minimum Gasteiger partial charge on any atom is -0.481 e. The van der Waals surface area contributed by atoms with E-state index in [-0.39, 0.29) is 73.1 Å². The molecule has 1 heterocycles. The summed E-state index contributed by atoms with van der Waals surface area (Å²) in [7, 11) is 0. The lowest BCUT2D eigenvalue weighted by molar-refractivity contribution is -0.143. The van der Waals surface area contributed by atoms with E-state index in [9.17, 15) is 33.6 Å². The number of aliphatic carboxylic acids is 1. The molecule has 1 fully saturated rings. The third-order valence-electron chi connectivity index (χ3n) is 10.2. The van der Waals surface area contributed by atoms with E-state index in [1.807, 2.05) is 13.8 Å². The molecular weight excluding hydrogens is 662 g/mol. The molecule has 11 nitrogen and oxygen atoms in total. The summed E-state index contributed by atoms with van der Waals surface area (Å²) in [5.41, 5.74) is 0. The van der Waals surface area contributed by atoms with Crippen molar-refractivity contribution in [1.29, 1.82) is 0 Å². The van der Waals surface area contributed by atoms with E-state index in [4.69, 9.17) is 5.11 Å². The number of hydrogen-bond donors (Lipinski definition) is 3. The van der Waals surface area contributed by atoms with Crippen molar-refractivity contribution in [2.24, 2.45) is 17.8 Å². The highest BCUT2D eigenvalue weighted by molar-refractivity contribution is 5.96. The van der Waals surface area contributed by atoms with Crippen LogP contribution in [0.1, 0.15) is 176 Å². The molecule has 0 radical (unpaired) electrons. The summed E-state index contributed by atoms with van der Waals surface area (Å²) in [6.07, 6.45) is 16.6. The summed E-state index contributed by atoms with van der Waals surface area (Å²) in [5.74, 6) is -3.99. The first-order chi connectivity index (χ1) is 24.7. The SMILES string of the molecule is CCCCCCCCCCCCCCCC(=O)N[C@H](C(=O)CCC(=O)N[C@H](C(=O)C[C@@H](C)C(=O)N1CCC[C@H]1C(=O)CCC(=O)O)C(C)C)C(C)C. The fourth-order valence-corrected chi connectivity index (χ4v) is 6.99. The lowest BCUT2D eigenvalue weighted by Gasteiger charge is -2.28. The molecule has 4 atom stereocenters. The molecule has 298 valence electrons. The monoisotopic (exact) mass is 734 g/mol. The summed E-state index contributed by atoms with van der Waals surface area (Å²) in [4.78, 5) is 90.2. The van der Waals surface area contributed by atoms with E-state index in [0.717, 1.165) is 19.3 Å². The molecule has 0 aromatic carbocycles. The number of Topliss-reactive ketones (excluding diaryl/α,β-unsaturated/α-hetero) is 3. The van der Waals surface area contributed by atoms with Crippen LogP contribution in [0.15, 0.2) is 0 Å². The van der Waals surface area contributed by atoms with Gasteiger partial charge in [-0.15, -0.1) is 0 Å². The first-order valence-electron chi connectivity index (χ1n) is 20.4. The zero-order chi connectivity index (χ0) is 39.1. The largest absolute Gasteiger partial charge is 0.481 e. The topological polar surface area (TPSA) is 167 Å². The Balaban J connectivity index is 2.47. The molecule has 3 amide bonds. The first-order valence-corrected chi connectivity index (χ1v) is 20.4. The van der Waals surface area contributed by atoms with Crippen molar-refractivity contribution in [3.05, 3.63) is 0 Å². The Labute approximate surface area is 313 Å². The molecule has 0 unspecified atom stereocenters. The van der Waals surface area contributed by atoms with Gasteiger partial charge in [-0.3, -0.25) is 33.6 Å². The summed E-state index contributed by atoms with van der Waals surface area (Å²) in [5, 5.41) is 14.6. The molecule has 3 N–H and O–H groups in total. The van der Waals surface area contributed by atoms with Crippen LogP contribution in [-0.4, -0.2) is 75.7 Å². The number of likely N-dealkylation sites (tertiary alicyclic amines) is 1. The van der Waals surface area contributed by atoms with Gasteiger partial charge in [0.05, 0.1) is 24.5 Å². The Kier molecular flexibility index (Phi) is 24.0. The molecule has 0 bridgehead atoms. The Hall–Kier alpha value is -3.11. The third kappa shape index (κ3) is 19.1. The molecule has 1 aliphatic rings. The van der Waals surface area contributed by atoms with E-state index >= 15 is 0 Å². The second-order valence-corrected chi connectivity index (χ2v) is 15.7. The Morgan fingerprint density at radius 3 is 1.60 bits per heavy atom. The van der Waals surface area contributed by atoms with E-state index < -0.39 is 35.9 Å². The van der Waals surface area contributed by atoms with Crippen LogP contribution in [0.25, 0.3) is 0 Å². The number of ketones is 3. The molecule has 0 aromatic rings. The molecular formula is C41H71N3O8. The lowest BCUT2D eigenvalue weighted by atomic mass is 9.92. The molecule has 1 rings (SSSR count). The van der Waals surface area contributed by atoms with Gasteiger partial charge in [0.25, 0.3) is 0 Å². The van der Waals surface area contributed by atoms with E-state index in [1.165, 1.54) is 69.1 Å². The predicted molar refractivity (Wildman–Crippen MR) is 203 cm³/mol. The number of amides is 3. The van der Waals surface area contributed by atoms with Crippen molar-refractivity contribution in [3.8, 4) is 0 Å². The van der Waals surface area contributed by atoms with Gasteiger partial charge in [-0.05, 0) is 31.1 Å². The van der Waals surface area contributed by atoms with Crippen LogP contribution in [0, 0.1) is 17.8 Å². The number of rotatable bonds is 30. The van der Waals surface area contributed by atoms with E-state index in [1.54, 1.807) is 20.8 Å². The maximum Gasteiger partial charge on any atom is 0.303 e. The van der Waals surface area contributed by atoms with Crippen LogP contribution in [0.3, 0.4) is 0 Å². The van der Waals surface area contributed by atoms with E-state index in [0.29, 0.717) is 25.8 Å². The standard InChI is InChI=1S/C41H71N3O8/c1-7-8-9-10-11-12-13-14-15-16-17-18-19-22-36(48)42-39(29(2)3)34(46)23-25-37(49)43-40(30(4)5)35(47)28-31(6)41(52)44-27-20-21-32(44)33(45)24-26-38(50)51/h29-32,39-40H,7-28H2,1-6H3,(H,42,48)(H,43,49)(H,50,51)/t31-,32+,39+,40+/m1/s1. The summed E-state index contributed by atoms with van der Waals surface area (Å²) < 4.78 is 0. The van der Waals surface area contributed by atoms with Gasteiger partial charge in [-0.1, -0.05) is 119 Å². The molecule has 11 heteroatoms. The van der Waals surface area contributed by atoms with Crippen molar-refractivity contribution in [2.75, 3.05) is 6.54 Å². The average Bonchev–Trinajstić information content (AvgIpc) is 3.59. The minimum atomic E-state index is -1.07. The van der Waals surface area contributed by atoms with Gasteiger partial charge in [0.1, 0.15) is 0 Å². The lowest BCUT2D eigenvalue weighted by Crippen LogP contribution is -2.47. The fraction of sp³-hybridized carbons (Fsp3) is 0.829. The van der Waals surface area contributed by atoms with Gasteiger partial charge >= 0.3 is 5.97 Å². The average molecular weight is 734 g/mol. The Morgan fingerprint density at radius 1 is 0.615 bits per heavy atom. The number of hydrogen-bond acceptors (Lipinski definition) is 7. The number of nitrogens with one attached hydrogen (secondary N) is 2. The van der Waals surface area contributed by atoms with Crippen LogP contribution >= 0.6 is 0 Å². The van der Waals surface area contributed by atoms with E-state index in [2.05, 4.69) is 17.6 Å². The predicted octanol–water partition coefficient (Wildman–Crippen LogP) is 7.12. The molecule has 52 heavy (non-hydrogen) atoms. The summed E-state index contributed by atoms with van der Waals surface area (Å²) in [6, 6.07) is -2.23. The highest BCUT2D eigenvalue weighted by atomic mass is 16.4. The van der Waals surface area contributed by atoms with Gasteiger partial charge < -0.3 is 20.6 Å². The quantitative estimate of drug-likeness (QED) is 0.0657. The smallest absolute Gasteiger partial charge is 0.303 e. The van der Waals surface area contributed by atoms with Gasteiger partial charge in [0, 0.05) is 44.6 Å². The van der Waals surface area contributed by atoms with Gasteiger partial charge in [-0.25, -0.2) is 0 Å². The van der Waals surface area contributed by atoms with Crippen molar-refractivity contribution >= 4 is 41.0 Å². The highest BCUT2D eigenvalue weighted by Gasteiger charge is 2.37. The Bertz CT molecular complexity index is 1140. The van der Waals surface area contributed by atoms with Crippen LogP contribution in [0.4, 0.5) is 0 Å². The normalized spacial score (nSPS) is 16.1. The van der Waals surface area contributed by atoms with Crippen molar-refractivity contribution in [2.45, 2.75) is 195 Å². The molecule has 0 aromatic heterocycles. The zero-order valence-corrected chi connectivity index (χ0v) is 33.3. The number of carboxylic acids is 1. The van der Waals surface area contributed by atoms with Crippen molar-refractivity contribution in [1.82, 2.24) is 15.5 Å². The molecule has 1 saturated heterocycles. The molecule has 0 spiro atoms. The van der Waals surface area contributed by atoms with Gasteiger partial charge in [0.15, 0.2) is 17.3 Å². The molecule has 0 aliphatic carbocycles. The van der Waals surface area contributed by atoms with Gasteiger partial charge in [0.2, 0.25) is 17.7 Å². The number of unbranched alkanes of at least 4 members (excludes halogenated alkanes) is 12. The number of nitrogens with zero attached hydrogens (tertiary/aromatic N) is 1. The molecule has 0 saturated carbocycles. The summed E-state index contributed by atoms with van der Waals surface area (Å²) >= 11 is 0. The van der Waals surface area contributed by atoms with Crippen LogP contribution in [0.2, 0.25) is 0 Å². The third-order valence-corrected chi connectivity index (χ3v) is 10.2. The van der Waals surface area contributed by atoms with Crippen molar-refractivity contribution < 1.29 is 38.7 Å². The van der Waals surface area contributed by atoms with Crippen LogP contribution in [-0.2, 0) is 33.6 Å². The van der Waals surface area contributed by atoms with Gasteiger partial charge in [-0.2, -0.15) is 0 Å². The van der Waals surface area contributed by atoms with Crippen molar-refractivity contribution in [3.63, 3.8) is 0 Å². The highest BCUT2D eigenvalue weighted by Crippen LogP contribution is 2.24. The first kappa shape index (κ1) is 46.9. The number of carbonyl (C=O) groups excluding carboxylic acids is 6. The summed E-state index contributed by atoms with van der Waals surface area (Å²) in [6.45, 7) is 11.5. The minimum absolute atomic E-state index is 0.0755. The Morgan fingerprint density at radius 2 is 1.10 bits per heavy atom. The van der Waals surface area contributed by atoms with Crippen LogP contribution in [0.5, 0.6) is 0 Å². The number of carboxylic acid groups (broad SMARTS) is 1. The van der Waals surface area contributed by atoms with Crippen LogP contribution < -0.4 is 10.6 Å². The zero-order valence-electron chi connectivity index (χ0n) is 33.3.